The van der Waals surface area contributed by atoms with E-state index in [1.807, 2.05) is 13.0 Å². The summed E-state index contributed by atoms with van der Waals surface area (Å²) < 4.78 is 0. The first-order valence-corrected chi connectivity index (χ1v) is 3.64. The fourth-order valence-electron chi connectivity index (χ4n) is 0.748. The summed E-state index contributed by atoms with van der Waals surface area (Å²) in [6, 6.07) is 0. The van der Waals surface area contributed by atoms with Crippen LogP contribution in [0.4, 0.5) is 0 Å². The molecular formula is C7H11NS. The average Bonchev–Trinajstić information content (AvgIpc) is 1.60. The van der Waals surface area contributed by atoms with E-state index in [0.717, 1.165) is 18.1 Å². The lowest BCUT2D eigenvalue weighted by Gasteiger charge is -2.31. The quantitative estimate of drug-likeness (QED) is 0.429. The Bertz CT molecular complexity index is 152. The Balaban J connectivity index is 2.50. The highest BCUT2D eigenvalue weighted by atomic mass is 32.1. The Morgan fingerprint density at radius 3 is 2.67 bits per heavy atom. The van der Waals surface area contributed by atoms with Crippen LogP contribution in [0.15, 0.2) is 16.8 Å². The first-order chi connectivity index (χ1) is 4.34. The Hall–Kier alpha value is -0.330. The lowest BCUT2D eigenvalue weighted by atomic mass is 10.2. The fourth-order valence-corrected chi connectivity index (χ4v) is 1.08. The van der Waals surface area contributed by atoms with E-state index in [4.69, 9.17) is 0 Å². The number of hydrogen-bond donors (Lipinski definition) is 1. The summed E-state index contributed by atoms with van der Waals surface area (Å²) in [5, 5.41) is 0.976. The molecule has 0 spiro atoms. The molecule has 50 valence electrons. The van der Waals surface area contributed by atoms with Crippen LogP contribution >= 0.6 is 12.6 Å². The minimum Gasteiger partial charge on any atom is -0.360 e. The number of hydrogen-bond acceptors (Lipinski definition) is 2. The summed E-state index contributed by atoms with van der Waals surface area (Å²) in [4.78, 5) is 2.20. The van der Waals surface area contributed by atoms with Crippen LogP contribution in [0.3, 0.4) is 0 Å². The molecule has 0 aromatic carbocycles. The van der Waals surface area contributed by atoms with Gasteiger partial charge in [0, 0.05) is 13.1 Å². The van der Waals surface area contributed by atoms with E-state index >= 15 is 0 Å². The third-order valence-electron chi connectivity index (χ3n) is 1.43. The molecule has 0 N–H and O–H groups in total. The summed E-state index contributed by atoms with van der Waals surface area (Å²) in [5.41, 5.74) is 3.03. The molecule has 0 radical (unpaired) electrons. The Morgan fingerprint density at radius 1 is 1.67 bits per heavy atom. The maximum atomic E-state index is 4.24. The minimum absolute atomic E-state index is 0.976. The van der Waals surface area contributed by atoms with Gasteiger partial charge in [0.25, 0.3) is 0 Å². The van der Waals surface area contributed by atoms with Crippen molar-refractivity contribution in [2.45, 2.75) is 13.3 Å². The predicted molar refractivity (Wildman–Crippen MR) is 42.4 cm³/mol. The highest BCUT2D eigenvalue weighted by Gasteiger charge is 2.13. The van der Waals surface area contributed by atoms with Crippen LogP contribution in [-0.4, -0.2) is 18.0 Å². The molecule has 1 aliphatic rings. The van der Waals surface area contributed by atoms with Gasteiger partial charge in [-0.1, -0.05) is 5.73 Å². The number of allylic oxidation sites excluding steroid dienone is 1. The van der Waals surface area contributed by atoms with Gasteiger partial charge in [-0.15, -0.1) is 12.6 Å². The van der Waals surface area contributed by atoms with Gasteiger partial charge < -0.3 is 4.90 Å². The van der Waals surface area contributed by atoms with Crippen LogP contribution in [0.2, 0.25) is 0 Å². The predicted octanol–water partition coefficient (Wildman–Crippen LogP) is 1.64. The van der Waals surface area contributed by atoms with Gasteiger partial charge in [-0.25, -0.2) is 0 Å². The molecule has 0 aliphatic carbocycles. The van der Waals surface area contributed by atoms with Gasteiger partial charge in [0.05, 0.1) is 0 Å². The second-order valence-electron chi connectivity index (χ2n) is 2.10. The molecule has 1 heterocycles. The van der Waals surface area contributed by atoms with Gasteiger partial charge >= 0.3 is 0 Å². The average molecular weight is 141 g/mol. The monoisotopic (exact) mass is 141 g/mol. The first-order valence-electron chi connectivity index (χ1n) is 3.20. The van der Waals surface area contributed by atoms with Gasteiger partial charge in [0.15, 0.2) is 0 Å². The summed E-state index contributed by atoms with van der Waals surface area (Å²) in [6.45, 7) is 4.26. The maximum absolute atomic E-state index is 4.24. The van der Waals surface area contributed by atoms with Crippen molar-refractivity contribution < 1.29 is 0 Å². The smallest absolute Gasteiger partial charge is 0.111 e. The van der Waals surface area contributed by atoms with Crippen molar-refractivity contribution in [3.63, 3.8) is 0 Å². The molecular weight excluding hydrogens is 130 g/mol. The molecule has 1 aliphatic heterocycles. The summed E-state index contributed by atoms with van der Waals surface area (Å²) in [6.07, 6.45) is 3.19. The number of nitrogens with zero attached hydrogens (tertiary/aromatic N) is 1. The standard InChI is InChI=1S/C7H11NS/c1-2-4-7(9)8-5-3-6-8/h2,9H,3,5-6H2,1H3. The number of thiol groups is 1. The topological polar surface area (TPSA) is 3.24 Å². The lowest BCUT2D eigenvalue weighted by Crippen LogP contribution is -2.34. The van der Waals surface area contributed by atoms with E-state index in [9.17, 15) is 0 Å². The summed E-state index contributed by atoms with van der Waals surface area (Å²) in [5.74, 6) is 0. The largest absolute Gasteiger partial charge is 0.360 e. The maximum Gasteiger partial charge on any atom is 0.111 e. The van der Waals surface area contributed by atoms with Gasteiger partial charge in [-0.05, 0) is 19.4 Å². The van der Waals surface area contributed by atoms with Crippen molar-refractivity contribution in [2.24, 2.45) is 0 Å². The normalized spacial score (nSPS) is 16.0. The highest BCUT2D eigenvalue weighted by molar-refractivity contribution is 7.84. The molecule has 1 nitrogen and oxygen atoms in total. The Kier molecular flexibility index (Phi) is 2.26. The van der Waals surface area contributed by atoms with Crippen molar-refractivity contribution in [2.75, 3.05) is 13.1 Å². The lowest BCUT2D eigenvalue weighted by molar-refractivity contribution is 0.257. The van der Waals surface area contributed by atoms with Crippen molar-refractivity contribution in [1.29, 1.82) is 0 Å². The van der Waals surface area contributed by atoms with Crippen LogP contribution < -0.4 is 0 Å². The Morgan fingerprint density at radius 2 is 2.33 bits per heavy atom. The number of rotatable bonds is 1. The molecule has 0 amide bonds. The van der Waals surface area contributed by atoms with Crippen LogP contribution in [0, 0.1) is 0 Å². The van der Waals surface area contributed by atoms with Crippen LogP contribution in [0.5, 0.6) is 0 Å². The van der Waals surface area contributed by atoms with Gasteiger partial charge in [0.2, 0.25) is 0 Å². The second kappa shape index (κ2) is 3.00. The zero-order valence-corrected chi connectivity index (χ0v) is 6.49. The van der Waals surface area contributed by atoms with E-state index in [-0.39, 0.29) is 0 Å². The van der Waals surface area contributed by atoms with E-state index in [1.165, 1.54) is 6.42 Å². The van der Waals surface area contributed by atoms with Gasteiger partial charge in [-0.2, -0.15) is 0 Å². The fraction of sp³-hybridized carbons (Fsp3) is 0.571. The molecule has 0 aromatic heterocycles. The van der Waals surface area contributed by atoms with E-state index in [1.54, 1.807) is 0 Å². The first kappa shape index (κ1) is 6.79. The van der Waals surface area contributed by atoms with E-state index in [2.05, 4.69) is 23.3 Å². The highest BCUT2D eigenvalue weighted by Crippen LogP contribution is 2.15. The number of likely N-dealkylation sites (tertiary alicyclic amines) is 1. The molecule has 9 heavy (non-hydrogen) atoms. The van der Waals surface area contributed by atoms with E-state index in [0.29, 0.717) is 0 Å². The van der Waals surface area contributed by atoms with Gasteiger partial charge in [-0.3, -0.25) is 0 Å². The van der Waals surface area contributed by atoms with Gasteiger partial charge in [0.1, 0.15) is 5.03 Å². The van der Waals surface area contributed by atoms with Crippen LogP contribution in [0.1, 0.15) is 13.3 Å². The molecule has 0 atom stereocenters. The molecule has 0 saturated carbocycles. The molecule has 0 bridgehead atoms. The Labute approximate surface area is 61.5 Å². The second-order valence-corrected chi connectivity index (χ2v) is 2.52. The minimum atomic E-state index is 0.976. The van der Waals surface area contributed by atoms with Crippen molar-refractivity contribution in [3.05, 3.63) is 16.8 Å². The summed E-state index contributed by atoms with van der Waals surface area (Å²) in [7, 11) is 0. The van der Waals surface area contributed by atoms with Crippen molar-refractivity contribution >= 4 is 12.6 Å². The molecule has 1 saturated heterocycles. The molecule has 1 rings (SSSR count). The molecule has 0 unspecified atom stereocenters. The summed E-state index contributed by atoms with van der Waals surface area (Å²) >= 11 is 4.24. The van der Waals surface area contributed by atoms with Crippen LogP contribution in [0.25, 0.3) is 0 Å². The molecule has 0 aromatic rings. The third kappa shape index (κ3) is 1.54. The van der Waals surface area contributed by atoms with Crippen LogP contribution in [-0.2, 0) is 0 Å². The molecule has 1 fully saturated rings. The van der Waals surface area contributed by atoms with Crippen molar-refractivity contribution in [1.82, 2.24) is 4.90 Å². The van der Waals surface area contributed by atoms with Crippen molar-refractivity contribution in [3.8, 4) is 0 Å². The third-order valence-corrected chi connectivity index (χ3v) is 1.84. The zero-order valence-electron chi connectivity index (χ0n) is 5.59. The van der Waals surface area contributed by atoms with E-state index < -0.39 is 0 Å². The zero-order chi connectivity index (χ0) is 6.69. The molecule has 2 heteroatoms. The SMILES string of the molecule is CC=C=C(S)N1CCC1.